The van der Waals surface area contributed by atoms with Crippen molar-refractivity contribution >= 4 is 33.2 Å². The standard InChI is InChI=1S/C18H24ClF3N2O3S/c1-28(26,27)24(14-9-10-16(19)15(11-14)18(20,21)22)12-17(25)23-13-7-5-3-2-4-6-8-13/h9-11,13H,2-8,12H2,1H3,(H,23,25). The smallest absolute Gasteiger partial charge is 0.352 e. The lowest BCUT2D eigenvalue weighted by Gasteiger charge is -2.26. The average molecular weight is 441 g/mol. The number of halogens is 4. The molecule has 0 radical (unpaired) electrons. The molecule has 1 saturated carbocycles. The van der Waals surface area contributed by atoms with E-state index in [0.29, 0.717) is 10.4 Å². The first-order chi connectivity index (χ1) is 13.0. The molecule has 1 aromatic rings. The van der Waals surface area contributed by atoms with Gasteiger partial charge in [0.2, 0.25) is 15.9 Å². The quantitative estimate of drug-likeness (QED) is 0.740. The summed E-state index contributed by atoms with van der Waals surface area (Å²) in [5.74, 6) is -0.542. The Balaban J connectivity index is 2.19. The number of nitrogens with zero attached hydrogens (tertiary/aromatic N) is 1. The molecule has 10 heteroatoms. The molecular weight excluding hydrogens is 417 g/mol. The van der Waals surface area contributed by atoms with Gasteiger partial charge in [-0.15, -0.1) is 0 Å². The molecule has 1 aliphatic carbocycles. The summed E-state index contributed by atoms with van der Waals surface area (Å²) in [6, 6.07) is 2.73. The molecule has 1 N–H and O–H groups in total. The molecule has 5 nitrogen and oxygen atoms in total. The third-order valence-corrected chi connectivity index (χ3v) is 6.17. The highest BCUT2D eigenvalue weighted by atomic mass is 35.5. The summed E-state index contributed by atoms with van der Waals surface area (Å²) in [4.78, 5) is 12.4. The van der Waals surface area contributed by atoms with E-state index in [1.807, 2.05) is 0 Å². The van der Waals surface area contributed by atoms with Gasteiger partial charge in [0.15, 0.2) is 0 Å². The Hall–Kier alpha value is -1.48. The molecule has 0 aliphatic heterocycles. The number of carbonyl (C=O) groups excluding carboxylic acids is 1. The second-order valence-electron chi connectivity index (χ2n) is 7.04. The Kier molecular flexibility index (Phi) is 7.61. The maximum atomic E-state index is 13.1. The predicted octanol–water partition coefficient (Wildman–Crippen LogP) is 4.35. The van der Waals surface area contributed by atoms with Crippen molar-refractivity contribution in [2.24, 2.45) is 0 Å². The summed E-state index contributed by atoms with van der Waals surface area (Å²) >= 11 is 5.60. The van der Waals surface area contributed by atoms with Crippen LogP contribution < -0.4 is 9.62 Å². The van der Waals surface area contributed by atoms with Crippen molar-refractivity contribution in [2.45, 2.75) is 57.2 Å². The number of sulfonamides is 1. The third kappa shape index (κ3) is 6.55. The van der Waals surface area contributed by atoms with E-state index in [0.717, 1.165) is 56.9 Å². The van der Waals surface area contributed by atoms with Gasteiger partial charge in [0.25, 0.3) is 0 Å². The number of hydrogen-bond donors (Lipinski definition) is 1. The van der Waals surface area contributed by atoms with Crippen molar-refractivity contribution in [2.75, 3.05) is 17.1 Å². The van der Waals surface area contributed by atoms with Crippen LogP contribution in [0.4, 0.5) is 18.9 Å². The van der Waals surface area contributed by atoms with Crippen LogP contribution in [0.25, 0.3) is 0 Å². The van der Waals surface area contributed by atoms with Crippen molar-refractivity contribution in [1.82, 2.24) is 5.32 Å². The van der Waals surface area contributed by atoms with Crippen LogP contribution in [-0.2, 0) is 21.0 Å². The second-order valence-corrected chi connectivity index (χ2v) is 9.36. The van der Waals surface area contributed by atoms with Crippen LogP contribution in [0.1, 0.15) is 50.5 Å². The van der Waals surface area contributed by atoms with Gasteiger partial charge in [-0.2, -0.15) is 13.2 Å². The topological polar surface area (TPSA) is 66.5 Å². The number of benzene rings is 1. The molecule has 0 heterocycles. The van der Waals surface area contributed by atoms with Gasteiger partial charge in [-0.05, 0) is 31.0 Å². The fraction of sp³-hybridized carbons (Fsp3) is 0.611. The minimum Gasteiger partial charge on any atom is -0.352 e. The van der Waals surface area contributed by atoms with E-state index >= 15 is 0 Å². The third-order valence-electron chi connectivity index (χ3n) is 4.70. The molecule has 28 heavy (non-hydrogen) atoms. The van der Waals surface area contributed by atoms with Crippen LogP contribution in [0.3, 0.4) is 0 Å². The van der Waals surface area contributed by atoms with Crippen molar-refractivity contribution < 1.29 is 26.4 Å². The van der Waals surface area contributed by atoms with Gasteiger partial charge in [0.1, 0.15) is 6.54 Å². The highest BCUT2D eigenvalue weighted by Crippen LogP contribution is 2.37. The zero-order valence-electron chi connectivity index (χ0n) is 15.6. The average Bonchev–Trinajstić information content (AvgIpc) is 2.53. The highest BCUT2D eigenvalue weighted by Gasteiger charge is 2.34. The van der Waals surface area contributed by atoms with E-state index in [4.69, 9.17) is 11.6 Å². The minimum absolute atomic E-state index is 0.0508. The predicted molar refractivity (Wildman–Crippen MR) is 103 cm³/mol. The molecule has 1 aromatic carbocycles. The van der Waals surface area contributed by atoms with Crippen LogP contribution in [0.5, 0.6) is 0 Å². The van der Waals surface area contributed by atoms with Gasteiger partial charge in [0, 0.05) is 6.04 Å². The number of anilines is 1. The summed E-state index contributed by atoms with van der Waals surface area (Å²) in [7, 11) is -3.98. The molecule has 158 valence electrons. The molecule has 1 fully saturated rings. The summed E-state index contributed by atoms with van der Waals surface area (Å²) in [5, 5.41) is 2.28. The number of nitrogens with one attached hydrogen (secondary N) is 1. The fourth-order valence-electron chi connectivity index (χ4n) is 3.29. The van der Waals surface area contributed by atoms with Gasteiger partial charge >= 0.3 is 6.18 Å². The Morgan fingerprint density at radius 2 is 1.75 bits per heavy atom. The van der Waals surface area contributed by atoms with Crippen molar-refractivity contribution in [3.63, 3.8) is 0 Å². The Bertz CT molecular complexity index is 792. The maximum absolute atomic E-state index is 13.1. The summed E-state index contributed by atoms with van der Waals surface area (Å²) in [6.45, 7) is -0.589. The SMILES string of the molecule is CS(=O)(=O)N(CC(=O)NC1CCCCCCC1)c1ccc(Cl)c(C(F)(F)F)c1. The second kappa shape index (κ2) is 9.35. The molecular formula is C18H24ClF3N2O3S. The van der Waals surface area contributed by atoms with Gasteiger partial charge in [-0.1, -0.05) is 43.7 Å². The van der Waals surface area contributed by atoms with Gasteiger partial charge < -0.3 is 5.32 Å². The van der Waals surface area contributed by atoms with E-state index in [1.54, 1.807) is 0 Å². The number of amides is 1. The van der Waals surface area contributed by atoms with Gasteiger partial charge in [-0.25, -0.2) is 8.42 Å². The molecule has 0 atom stereocenters. The van der Waals surface area contributed by atoms with Crippen LogP contribution in [0.15, 0.2) is 18.2 Å². The maximum Gasteiger partial charge on any atom is 0.417 e. The number of alkyl halides is 3. The van der Waals surface area contributed by atoms with Crippen molar-refractivity contribution in [3.05, 3.63) is 28.8 Å². The molecule has 0 bridgehead atoms. The first-order valence-electron chi connectivity index (χ1n) is 9.12. The van der Waals surface area contributed by atoms with E-state index in [2.05, 4.69) is 5.32 Å². The first kappa shape index (κ1) is 22.8. The van der Waals surface area contributed by atoms with Crippen molar-refractivity contribution in [1.29, 1.82) is 0 Å². The monoisotopic (exact) mass is 440 g/mol. The van der Waals surface area contributed by atoms with Crippen LogP contribution in [-0.4, -0.2) is 33.2 Å². The molecule has 0 unspecified atom stereocenters. The van der Waals surface area contributed by atoms with Gasteiger partial charge in [0.05, 0.1) is 22.5 Å². The van der Waals surface area contributed by atoms with E-state index < -0.39 is 39.2 Å². The van der Waals surface area contributed by atoms with E-state index in [1.165, 1.54) is 6.42 Å². The van der Waals surface area contributed by atoms with Crippen LogP contribution in [0.2, 0.25) is 5.02 Å². The molecule has 1 aliphatic rings. The fourth-order valence-corrected chi connectivity index (χ4v) is 4.36. The van der Waals surface area contributed by atoms with Crippen LogP contribution in [0, 0.1) is 0 Å². The lowest BCUT2D eigenvalue weighted by Crippen LogP contribution is -2.44. The van der Waals surface area contributed by atoms with Crippen LogP contribution >= 0.6 is 11.6 Å². The summed E-state index contributed by atoms with van der Waals surface area (Å²) in [5.41, 5.74) is -1.41. The number of carbonyl (C=O) groups is 1. The lowest BCUT2D eigenvalue weighted by molar-refractivity contribution is -0.137. The summed E-state index contributed by atoms with van der Waals surface area (Å²) in [6.07, 6.45) is 3.03. The molecule has 2 rings (SSSR count). The Morgan fingerprint density at radius 1 is 1.18 bits per heavy atom. The number of hydrogen-bond acceptors (Lipinski definition) is 3. The first-order valence-corrected chi connectivity index (χ1v) is 11.3. The minimum atomic E-state index is -4.74. The molecule has 0 saturated heterocycles. The highest BCUT2D eigenvalue weighted by molar-refractivity contribution is 7.92. The molecule has 0 aromatic heterocycles. The molecule has 1 amide bonds. The Morgan fingerprint density at radius 3 is 2.29 bits per heavy atom. The summed E-state index contributed by atoms with van der Waals surface area (Å²) < 4.78 is 64.2. The Labute approximate surface area is 168 Å². The number of rotatable bonds is 5. The van der Waals surface area contributed by atoms with E-state index in [9.17, 15) is 26.4 Å². The van der Waals surface area contributed by atoms with Crippen molar-refractivity contribution in [3.8, 4) is 0 Å². The zero-order valence-corrected chi connectivity index (χ0v) is 17.1. The normalized spacial score (nSPS) is 16.9. The lowest BCUT2D eigenvalue weighted by atomic mass is 9.97. The largest absolute Gasteiger partial charge is 0.417 e. The van der Waals surface area contributed by atoms with E-state index in [-0.39, 0.29) is 11.7 Å². The van der Waals surface area contributed by atoms with Gasteiger partial charge in [-0.3, -0.25) is 9.10 Å². The zero-order chi connectivity index (χ0) is 20.9. The molecule has 0 spiro atoms.